The summed E-state index contributed by atoms with van der Waals surface area (Å²) in [4.78, 5) is 0. The Labute approximate surface area is 107 Å². The fourth-order valence-corrected chi connectivity index (χ4v) is 2.60. The fraction of sp³-hybridized carbons (Fsp3) is 0.571. The Morgan fingerprint density at radius 1 is 1.39 bits per heavy atom. The number of hydrogen-bond donors (Lipinski definition) is 2. The summed E-state index contributed by atoms with van der Waals surface area (Å²) >= 11 is 0. The van der Waals surface area contributed by atoms with E-state index in [1.165, 1.54) is 13.2 Å². The molecular weight excluding hydrogens is 233 g/mol. The second-order valence-corrected chi connectivity index (χ2v) is 5.05. The van der Waals surface area contributed by atoms with Gasteiger partial charge < -0.3 is 15.2 Å². The van der Waals surface area contributed by atoms with Gasteiger partial charge >= 0.3 is 0 Å². The second kappa shape index (κ2) is 5.67. The van der Waals surface area contributed by atoms with Crippen molar-refractivity contribution in [2.45, 2.75) is 19.3 Å². The SMILES string of the molecule is COc1ccc(CC2(CO)CCNCC2)cc1F. The lowest BCUT2D eigenvalue weighted by molar-refractivity contribution is 0.0892. The first-order valence-corrected chi connectivity index (χ1v) is 6.33. The predicted molar refractivity (Wildman–Crippen MR) is 68.3 cm³/mol. The van der Waals surface area contributed by atoms with E-state index in [-0.39, 0.29) is 23.6 Å². The Kier molecular flexibility index (Phi) is 4.19. The van der Waals surface area contributed by atoms with Gasteiger partial charge in [0.1, 0.15) is 0 Å². The minimum absolute atomic E-state index is 0.105. The molecule has 1 saturated heterocycles. The number of halogens is 1. The Balaban J connectivity index is 2.14. The summed E-state index contributed by atoms with van der Waals surface area (Å²) in [6.07, 6.45) is 2.57. The van der Waals surface area contributed by atoms with Gasteiger partial charge in [-0.3, -0.25) is 0 Å². The highest BCUT2D eigenvalue weighted by molar-refractivity contribution is 5.30. The number of aliphatic hydroxyl groups excluding tert-OH is 1. The van der Waals surface area contributed by atoms with Crippen molar-refractivity contribution >= 4 is 0 Å². The van der Waals surface area contributed by atoms with Gasteiger partial charge in [-0.15, -0.1) is 0 Å². The Morgan fingerprint density at radius 3 is 2.67 bits per heavy atom. The summed E-state index contributed by atoms with van der Waals surface area (Å²) in [7, 11) is 1.46. The molecule has 0 spiro atoms. The van der Waals surface area contributed by atoms with Gasteiger partial charge in [-0.1, -0.05) is 6.07 Å². The topological polar surface area (TPSA) is 41.5 Å². The summed E-state index contributed by atoms with van der Waals surface area (Å²) in [5.41, 5.74) is 0.816. The third-order valence-corrected chi connectivity index (χ3v) is 3.79. The van der Waals surface area contributed by atoms with Crippen LogP contribution in [0.3, 0.4) is 0 Å². The van der Waals surface area contributed by atoms with Crippen molar-refractivity contribution in [3.63, 3.8) is 0 Å². The molecule has 1 aromatic rings. The number of piperidine rings is 1. The number of hydrogen-bond acceptors (Lipinski definition) is 3. The number of nitrogens with one attached hydrogen (secondary N) is 1. The van der Waals surface area contributed by atoms with Crippen LogP contribution < -0.4 is 10.1 Å². The fourth-order valence-electron chi connectivity index (χ4n) is 2.60. The molecule has 2 rings (SSSR count). The van der Waals surface area contributed by atoms with Crippen molar-refractivity contribution in [3.8, 4) is 5.75 Å². The maximum Gasteiger partial charge on any atom is 0.165 e. The molecule has 2 N–H and O–H groups in total. The van der Waals surface area contributed by atoms with Crippen molar-refractivity contribution < 1.29 is 14.2 Å². The lowest BCUT2D eigenvalue weighted by atomic mass is 9.75. The first kappa shape index (κ1) is 13.3. The van der Waals surface area contributed by atoms with Gasteiger partial charge in [0.15, 0.2) is 11.6 Å². The van der Waals surface area contributed by atoms with Crippen molar-refractivity contribution in [1.29, 1.82) is 0 Å². The average molecular weight is 253 g/mol. The molecule has 100 valence electrons. The van der Waals surface area contributed by atoms with E-state index in [1.807, 2.05) is 6.07 Å². The number of aliphatic hydroxyl groups is 1. The third kappa shape index (κ3) is 2.82. The maximum absolute atomic E-state index is 13.6. The van der Waals surface area contributed by atoms with E-state index in [9.17, 15) is 9.50 Å². The van der Waals surface area contributed by atoms with E-state index in [0.717, 1.165) is 31.5 Å². The summed E-state index contributed by atoms with van der Waals surface area (Å²) in [6.45, 7) is 1.99. The minimum atomic E-state index is -0.336. The van der Waals surface area contributed by atoms with Crippen molar-refractivity contribution in [2.75, 3.05) is 26.8 Å². The molecule has 0 aromatic heterocycles. The van der Waals surface area contributed by atoms with Crippen LogP contribution in [0.5, 0.6) is 5.75 Å². The number of rotatable bonds is 4. The molecule has 1 aliphatic rings. The zero-order chi connectivity index (χ0) is 13.0. The molecule has 1 aromatic carbocycles. The highest BCUT2D eigenvalue weighted by Gasteiger charge is 2.31. The van der Waals surface area contributed by atoms with E-state index in [2.05, 4.69) is 5.32 Å². The summed E-state index contributed by atoms with van der Waals surface area (Å²) in [5, 5.41) is 12.9. The van der Waals surface area contributed by atoms with Crippen LogP contribution in [0.1, 0.15) is 18.4 Å². The lowest BCUT2D eigenvalue weighted by Gasteiger charge is -2.36. The van der Waals surface area contributed by atoms with Gasteiger partial charge in [0.2, 0.25) is 0 Å². The standard InChI is InChI=1S/C14H20FNO2/c1-18-13-3-2-11(8-12(13)15)9-14(10-17)4-6-16-7-5-14/h2-3,8,16-17H,4-7,9-10H2,1H3. The highest BCUT2D eigenvalue weighted by Crippen LogP contribution is 2.33. The first-order chi connectivity index (χ1) is 8.69. The highest BCUT2D eigenvalue weighted by atomic mass is 19.1. The van der Waals surface area contributed by atoms with Crippen LogP contribution in [0.4, 0.5) is 4.39 Å². The van der Waals surface area contributed by atoms with E-state index in [4.69, 9.17) is 4.74 Å². The van der Waals surface area contributed by atoms with Gasteiger partial charge in [0.25, 0.3) is 0 Å². The zero-order valence-corrected chi connectivity index (χ0v) is 10.7. The number of methoxy groups -OCH3 is 1. The van der Waals surface area contributed by atoms with E-state index in [1.54, 1.807) is 6.07 Å². The van der Waals surface area contributed by atoms with Crippen LogP contribution in [-0.4, -0.2) is 31.9 Å². The molecule has 1 fully saturated rings. The monoisotopic (exact) mass is 253 g/mol. The van der Waals surface area contributed by atoms with Crippen LogP contribution >= 0.6 is 0 Å². The van der Waals surface area contributed by atoms with Crippen LogP contribution in [0, 0.1) is 11.2 Å². The smallest absolute Gasteiger partial charge is 0.165 e. The van der Waals surface area contributed by atoms with Crippen LogP contribution in [0.15, 0.2) is 18.2 Å². The van der Waals surface area contributed by atoms with Crippen LogP contribution in [-0.2, 0) is 6.42 Å². The molecule has 18 heavy (non-hydrogen) atoms. The Hall–Kier alpha value is -1.13. The van der Waals surface area contributed by atoms with Crippen molar-refractivity contribution in [3.05, 3.63) is 29.6 Å². The van der Waals surface area contributed by atoms with E-state index >= 15 is 0 Å². The largest absolute Gasteiger partial charge is 0.494 e. The first-order valence-electron chi connectivity index (χ1n) is 6.33. The molecular formula is C14H20FNO2. The van der Waals surface area contributed by atoms with Crippen LogP contribution in [0.25, 0.3) is 0 Å². The molecule has 0 unspecified atom stereocenters. The maximum atomic E-state index is 13.6. The summed E-state index contributed by atoms with van der Waals surface area (Å²) < 4.78 is 18.5. The number of ether oxygens (including phenoxy) is 1. The Morgan fingerprint density at radius 2 is 2.11 bits per heavy atom. The van der Waals surface area contributed by atoms with E-state index < -0.39 is 0 Å². The van der Waals surface area contributed by atoms with Crippen molar-refractivity contribution in [2.24, 2.45) is 5.41 Å². The molecule has 0 saturated carbocycles. The predicted octanol–water partition coefficient (Wildman–Crippen LogP) is 1.74. The zero-order valence-electron chi connectivity index (χ0n) is 10.7. The molecule has 4 heteroatoms. The summed E-state index contributed by atoms with van der Waals surface area (Å²) in [6, 6.07) is 5.04. The normalized spacial score (nSPS) is 18.6. The molecule has 0 aliphatic carbocycles. The molecule has 1 heterocycles. The molecule has 0 atom stereocenters. The van der Waals surface area contributed by atoms with Crippen LogP contribution in [0.2, 0.25) is 0 Å². The van der Waals surface area contributed by atoms with E-state index in [0.29, 0.717) is 6.42 Å². The van der Waals surface area contributed by atoms with Crippen molar-refractivity contribution in [1.82, 2.24) is 5.32 Å². The van der Waals surface area contributed by atoms with Gasteiger partial charge in [-0.2, -0.15) is 0 Å². The molecule has 0 radical (unpaired) electrons. The number of benzene rings is 1. The summed E-state index contributed by atoms with van der Waals surface area (Å²) in [5.74, 6) is -0.0702. The van der Waals surface area contributed by atoms with Gasteiger partial charge in [0, 0.05) is 6.61 Å². The Bertz CT molecular complexity index is 403. The third-order valence-electron chi connectivity index (χ3n) is 3.79. The average Bonchev–Trinajstić information content (AvgIpc) is 2.40. The van der Waals surface area contributed by atoms with Gasteiger partial charge in [-0.05, 0) is 55.5 Å². The van der Waals surface area contributed by atoms with Gasteiger partial charge in [-0.25, -0.2) is 4.39 Å². The quantitative estimate of drug-likeness (QED) is 0.859. The minimum Gasteiger partial charge on any atom is -0.494 e. The molecule has 0 amide bonds. The van der Waals surface area contributed by atoms with Gasteiger partial charge in [0.05, 0.1) is 7.11 Å². The lowest BCUT2D eigenvalue weighted by Crippen LogP contribution is -2.40. The molecule has 0 bridgehead atoms. The second-order valence-electron chi connectivity index (χ2n) is 5.05. The molecule has 3 nitrogen and oxygen atoms in total. The molecule has 1 aliphatic heterocycles.